The summed E-state index contributed by atoms with van der Waals surface area (Å²) in [5.74, 6) is 0.898. The number of benzene rings is 1. The molecule has 0 atom stereocenters. The van der Waals surface area contributed by atoms with E-state index in [1.54, 1.807) is 0 Å². The summed E-state index contributed by atoms with van der Waals surface area (Å²) in [5.41, 5.74) is 8.21. The molecule has 1 aromatic carbocycles. The van der Waals surface area contributed by atoms with Crippen LogP contribution in [0.5, 0.6) is 0 Å². The minimum atomic E-state index is 0. The van der Waals surface area contributed by atoms with E-state index in [0.717, 1.165) is 27.1 Å². The second-order valence-corrected chi connectivity index (χ2v) is 7.56. The van der Waals surface area contributed by atoms with Crippen LogP contribution in [0.1, 0.15) is 38.2 Å². The molecule has 0 heterocycles. The highest BCUT2D eigenvalue weighted by Crippen LogP contribution is 2.31. The zero-order chi connectivity index (χ0) is 14.0. The fourth-order valence-electron chi connectivity index (χ4n) is 2.85. The minimum absolute atomic E-state index is 0. The number of nitrogens with zero attached hydrogens (tertiary/aromatic N) is 1. The first-order chi connectivity index (χ1) is 8.97. The maximum absolute atomic E-state index is 6.16. The van der Waals surface area contributed by atoms with Crippen molar-refractivity contribution in [3.8, 4) is 0 Å². The minimum Gasteiger partial charge on any atom is -0.398 e. The molecule has 1 saturated carbocycles. The summed E-state index contributed by atoms with van der Waals surface area (Å²) in [6.07, 6.45) is 5.33. The number of halogens is 3. The van der Waals surface area contributed by atoms with Gasteiger partial charge in [-0.2, -0.15) is 0 Å². The maximum Gasteiger partial charge on any atom is 0.0504 e. The predicted octanol–water partition coefficient (Wildman–Crippen LogP) is 5.23. The van der Waals surface area contributed by atoms with Gasteiger partial charge in [-0.3, -0.25) is 4.90 Å². The van der Waals surface area contributed by atoms with Gasteiger partial charge in [-0.15, -0.1) is 12.4 Å². The predicted molar refractivity (Wildman–Crippen MR) is 96.4 cm³/mol. The van der Waals surface area contributed by atoms with Gasteiger partial charge in [-0.05, 0) is 72.3 Å². The molecule has 114 valence electrons. The van der Waals surface area contributed by atoms with Gasteiger partial charge in [0.1, 0.15) is 0 Å². The number of rotatable bonds is 3. The molecule has 1 aliphatic carbocycles. The average Bonchev–Trinajstić information content (AvgIpc) is 2.36. The van der Waals surface area contributed by atoms with Gasteiger partial charge in [0.05, 0.1) is 5.69 Å². The Bertz CT molecular complexity index is 446. The number of hydrogen-bond donors (Lipinski definition) is 1. The summed E-state index contributed by atoms with van der Waals surface area (Å²) >= 11 is 7.05. The third-order valence-corrected chi connectivity index (χ3v) is 5.32. The number of nitrogens with two attached hydrogens (primary N) is 1. The fraction of sp³-hybridized carbons (Fsp3) is 0.600. The molecule has 5 heteroatoms. The first-order valence-corrected chi connectivity index (χ1v) is 8.49. The molecule has 0 amide bonds. The number of hydrogen-bond acceptors (Lipinski definition) is 2. The van der Waals surface area contributed by atoms with E-state index >= 15 is 0 Å². The Morgan fingerprint density at radius 3 is 2.40 bits per heavy atom. The zero-order valence-electron chi connectivity index (χ0n) is 12.0. The Kier molecular flexibility index (Phi) is 7.33. The number of nitrogen functional groups attached to an aromatic ring is 1. The van der Waals surface area contributed by atoms with Crippen molar-refractivity contribution in [1.82, 2.24) is 4.90 Å². The van der Waals surface area contributed by atoms with E-state index in [1.807, 2.05) is 6.07 Å². The summed E-state index contributed by atoms with van der Waals surface area (Å²) in [6.45, 7) is 3.28. The Labute approximate surface area is 145 Å². The van der Waals surface area contributed by atoms with E-state index in [2.05, 4.69) is 56.8 Å². The third-order valence-electron chi connectivity index (χ3n) is 4.21. The lowest BCUT2D eigenvalue weighted by Gasteiger charge is -2.34. The van der Waals surface area contributed by atoms with Gasteiger partial charge in [0.15, 0.2) is 0 Å². The van der Waals surface area contributed by atoms with E-state index in [9.17, 15) is 0 Å². The highest BCUT2D eigenvalue weighted by Gasteiger charge is 2.22. The van der Waals surface area contributed by atoms with Crippen molar-refractivity contribution in [2.75, 3.05) is 12.8 Å². The molecule has 0 unspecified atom stereocenters. The summed E-state index contributed by atoms with van der Waals surface area (Å²) in [4.78, 5) is 2.45. The molecule has 1 fully saturated rings. The van der Waals surface area contributed by atoms with Crippen LogP contribution in [0.15, 0.2) is 21.1 Å². The molecule has 20 heavy (non-hydrogen) atoms. The maximum atomic E-state index is 6.16. The highest BCUT2D eigenvalue weighted by molar-refractivity contribution is 9.11. The van der Waals surface area contributed by atoms with Crippen LogP contribution in [0.25, 0.3) is 0 Å². The van der Waals surface area contributed by atoms with Crippen LogP contribution in [-0.4, -0.2) is 18.0 Å². The summed E-state index contributed by atoms with van der Waals surface area (Å²) in [7, 11) is 2.22. The van der Waals surface area contributed by atoms with E-state index < -0.39 is 0 Å². The van der Waals surface area contributed by atoms with Gasteiger partial charge in [0.25, 0.3) is 0 Å². The van der Waals surface area contributed by atoms with E-state index in [0.29, 0.717) is 6.04 Å². The van der Waals surface area contributed by atoms with Crippen molar-refractivity contribution in [3.05, 3.63) is 26.6 Å². The van der Waals surface area contributed by atoms with Gasteiger partial charge in [0.2, 0.25) is 0 Å². The van der Waals surface area contributed by atoms with Crippen LogP contribution >= 0.6 is 44.3 Å². The van der Waals surface area contributed by atoms with Crippen LogP contribution in [0.4, 0.5) is 5.69 Å². The molecular formula is C15H23Br2ClN2. The Morgan fingerprint density at radius 2 is 1.80 bits per heavy atom. The molecule has 1 aliphatic rings. The monoisotopic (exact) mass is 424 g/mol. The topological polar surface area (TPSA) is 29.3 Å². The lowest BCUT2D eigenvalue weighted by atomic mass is 9.86. The normalized spacial score (nSPS) is 22.6. The molecule has 0 aromatic heterocycles. The Balaban J connectivity index is 0.00000200. The second kappa shape index (κ2) is 8.02. The van der Waals surface area contributed by atoms with Gasteiger partial charge >= 0.3 is 0 Å². The second-order valence-electron chi connectivity index (χ2n) is 5.79. The van der Waals surface area contributed by atoms with Crippen molar-refractivity contribution in [2.24, 2.45) is 5.92 Å². The molecule has 0 radical (unpaired) electrons. The zero-order valence-corrected chi connectivity index (χ0v) is 16.0. The van der Waals surface area contributed by atoms with Crippen LogP contribution in [0.3, 0.4) is 0 Å². The smallest absolute Gasteiger partial charge is 0.0504 e. The first kappa shape index (κ1) is 18.3. The largest absolute Gasteiger partial charge is 0.398 e. The fourth-order valence-corrected chi connectivity index (χ4v) is 4.16. The standard InChI is InChI=1S/C15H22Br2N2.ClH/c1-10-3-5-13(6-4-10)19(2)9-11-7-12(16)8-14(17)15(11)18;/h7-8,10,13H,3-6,9,18H2,1-2H3;1H. The number of anilines is 1. The lowest BCUT2D eigenvalue weighted by molar-refractivity contribution is 0.164. The summed E-state index contributed by atoms with van der Waals surface area (Å²) in [6, 6.07) is 4.83. The van der Waals surface area contributed by atoms with E-state index in [-0.39, 0.29) is 12.4 Å². The highest BCUT2D eigenvalue weighted by atomic mass is 79.9. The van der Waals surface area contributed by atoms with Gasteiger partial charge < -0.3 is 5.73 Å². The van der Waals surface area contributed by atoms with E-state index in [1.165, 1.54) is 31.2 Å². The summed E-state index contributed by atoms with van der Waals surface area (Å²) < 4.78 is 2.05. The van der Waals surface area contributed by atoms with Gasteiger partial charge in [-0.1, -0.05) is 22.9 Å². The first-order valence-electron chi connectivity index (χ1n) is 6.91. The Morgan fingerprint density at radius 1 is 1.20 bits per heavy atom. The van der Waals surface area contributed by atoms with Crippen LogP contribution in [-0.2, 0) is 6.54 Å². The Hall–Kier alpha value is 0.230. The molecule has 0 saturated heterocycles. The summed E-state index contributed by atoms with van der Waals surface area (Å²) in [5, 5.41) is 0. The molecular weight excluding hydrogens is 403 g/mol. The van der Waals surface area contributed by atoms with Crippen LogP contribution in [0.2, 0.25) is 0 Å². The van der Waals surface area contributed by atoms with Crippen molar-refractivity contribution in [3.63, 3.8) is 0 Å². The molecule has 2 nitrogen and oxygen atoms in total. The molecule has 0 aliphatic heterocycles. The van der Waals surface area contributed by atoms with Crippen molar-refractivity contribution in [2.45, 2.75) is 45.2 Å². The van der Waals surface area contributed by atoms with E-state index in [4.69, 9.17) is 5.73 Å². The SMILES string of the molecule is CC1CCC(N(C)Cc2cc(Br)cc(Br)c2N)CC1.Cl. The van der Waals surface area contributed by atoms with Crippen molar-refractivity contribution < 1.29 is 0 Å². The van der Waals surface area contributed by atoms with Crippen molar-refractivity contribution >= 4 is 50.0 Å². The molecule has 0 spiro atoms. The molecule has 2 rings (SSSR count). The quantitative estimate of drug-likeness (QED) is 0.671. The van der Waals surface area contributed by atoms with Crippen LogP contribution < -0.4 is 5.73 Å². The molecule has 1 aromatic rings. The average molecular weight is 427 g/mol. The van der Waals surface area contributed by atoms with Gasteiger partial charge in [0, 0.05) is 21.5 Å². The lowest BCUT2D eigenvalue weighted by Crippen LogP contribution is -2.34. The molecule has 2 N–H and O–H groups in total. The van der Waals surface area contributed by atoms with Crippen molar-refractivity contribution in [1.29, 1.82) is 0 Å². The van der Waals surface area contributed by atoms with Gasteiger partial charge in [-0.25, -0.2) is 0 Å². The molecule has 0 bridgehead atoms. The van der Waals surface area contributed by atoms with Crippen LogP contribution in [0, 0.1) is 5.92 Å². The third kappa shape index (κ3) is 4.62.